The lowest BCUT2D eigenvalue weighted by molar-refractivity contribution is 0.263. The van der Waals surface area contributed by atoms with Crippen LogP contribution in [0.3, 0.4) is 0 Å². The highest BCUT2D eigenvalue weighted by Gasteiger charge is 2.19. The van der Waals surface area contributed by atoms with Gasteiger partial charge in [0.2, 0.25) is 0 Å². The molecule has 1 atom stereocenters. The Morgan fingerprint density at radius 1 is 1.14 bits per heavy atom. The molecule has 2 nitrogen and oxygen atoms in total. The first-order valence-corrected chi connectivity index (χ1v) is 8.75. The van der Waals surface area contributed by atoms with Crippen LogP contribution in [0.15, 0.2) is 42.5 Å². The van der Waals surface area contributed by atoms with E-state index in [2.05, 4.69) is 59.6 Å². The number of hydrogen-bond acceptors (Lipinski definition) is 3. The molecule has 0 saturated carbocycles. The van der Waals surface area contributed by atoms with Crippen molar-refractivity contribution in [1.29, 1.82) is 0 Å². The lowest BCUT2D eigenvalue weighted by Gasteiger charge is -2.24. The van der Waals surface area contributed by atoms with Crippen LogP contribution in [0.5, 0.6) is 0 Å². The van der Waals surface area contributed by atoms with Crippen LogP contribution < -0.4 is 5.32 Å². The summed E-state index contributed by atoms with van der Waals surface area (Å²) in [6.07, 6.45) is 2.38. The van der Waals surface area contributed by atoms with E-state index in [1.807, 2.05) is 11.3 Å². The molecule has 1 aromatic heterocycles. The van der Waals surface area contributed by atoms with Crippen LogP contribution in [-0.4, -0.2) is 24.5 Å². The molecular weight excluding hydrogens is 276 g/mol. The van der Waals surface area contributed by atoms with Gasteiger partial charge in [-0.1, -0.05) is 37.3 Å². The van der Waals surface area contributed by atoms with Crippen molar-refractivity contribution in [3.63, 3.8) is 0 Å². The van der Waals surface area contributed by atoms with Crippen LogP contribution in [0, 0.1) is 0 Å². The molecule has 0 radical (unpaired) electrons. The second-order valence-electron chi connectivity index (χ2n) is 5.73. The summed E-state index contributed by atoms with van der Waals surface area (Å²) >= 11 is 1.97. The van der Waals surface area contributed by atoms with Gasteiger partial charge >= 0.3 is 0 Å². The molecule has 1 aliphatic rings. The van der Waals surface area contributed by atoms with Crippen molar-refractivity contribution in [3.05, 3.63) is 57.8 Å². The van der Waals surface area contributed by atoms with Gasteiger partial charge in [0.05, 0.1) is 0 Å². The number of nitrogens with zero attached hydrogens (tertiary/aromatic N) is 1. The van der Waals surface area contributed by atoms with E-state index in [9.17, 15) is 0 Å². The van der Waals surface area contributed by atoms with Crippen LogP contribution in [0.2, 0.25) is 0 Å². The minimum absolute atomic E-state index is 0.458. The summed E-state index contributed by atoms with van der Waals surface area (Å²) in [7, 11) is 0. The van der Waals surface area contributed by atoms with Crippen molar-refractivity contribution >= 4 is 11.3 Å². The van der Waals surface area contributed by atoms with Crippen molar-refractivity contribution in [2.45, 2.75) is 32.4 Å². The second kappa shape index (κ2) is 7.21. The first-order chi connectivity index (χ1) is 10.3. The van der Waals surface area contributed by atoms with E-state index >= 15 is 0 Å². The molecule has 0 spiro atoms. The normalized spacial score (nSPS) is 20.3. The third kappa shape index (κ3) is 3.94. The maximum atomic E-state index is 3.69. The average Bonchev–Trinajstić information content (AvgIpc) is 2.85. The van der Waals surface area contributed by atoms with E-state index in [4.69, 9.17) is 0 Å². The molecule has 1 fully saturated rings. The molecule has 0 bridgehead atoms. The van der Waals surface area contributed by atoms with Gasteiger partial charge in [-0.2, -0.15) is 0 Å². The fourth-order valence-electron chi connectivity index (χ4n) is 2.96. The predicted octanol–water partition coefficient (Wildman–Crippen LogP) is 3.85. The number of rotatable bonds is 4. The van der Waals surface area contributed by atoms with Crippen molar-refractivity contribution in [1.82, 2.24) is 10.2 Å². The van der Waals surface area contributed by atoms with E-state index in [1.54, 1.807) is 0 Å². The fourth-order valence-corrected chi connectivity index (χ4v) is 3.96. The smallest absolute Gasteiger partial charge is 0.0449 e. The quantitative estimate of drug-likeness (QED) is 0.922. The van der Waals surface area contributed by atoms with Crippen molar-refractivity contribution in [2.24, 2.45) is 0 Å². The van der Waals surface area contributed by atoms with Crippen molar-refractivity contribution in [2.75, 3.05) is 19.6 Å². The predicted molar refractivity (Wildman–Crippen MR) is 90.8 cm³/mol. The van der Waals surface area contributed by atoms with E-state index in [0.717, 1.165) is 26.1 Å². The highest BCUT2D eigenvalue weighted by molar-refractivity contribution is 7.11. The van der Waals surface area contributed by atoms with E-state index in [0.29, 0.717) is 6.04 Å². The van der Waals surface area contributed by atoms with E-state index in [-0.39, 0.29) is 0 Å². The van der Waals surface area contributed by atoms with Gasteiger partial charge in [-0.3, -0.25) is 4.90 Å². The van der Waals surface area contributed by atoms with E-state index in [1.165, 1.54) is 28.3 Å². The number of nitrogens with one attached hydrogen (secondary N) is 1. The molecule has 1 aromatic carbocycles. The van der Waals surface area contributed by atoms with Gasteiger partial charge in [-0.25, -0.2) is 0 Å². The third-order valence-corrected chi connectivity index (χ3v) is 5.34. The highest BCUT2D eigenvalue weighted by atomic mass is 32.1. The zero-order chi connectivity index (χ0) is 14.5. The molecule has 2 aromatic rings. The van der Waals surface area contributed by atoms with Crippen LogP contribution in [0.25, 0.3) is 0 Å². The van der Waals surface area contributed by atoms with Gasteiger partial charge < -0.3 is 5.32 Å². The lowest BCUT2D eigenvalue weighted by Crippen LogP contribution is -2.30. The van der Waals surface area contributed by atoms with Crippen LogP contribution >= 0.6 is 11.3 Å². The summed E-state index contributed by atoms with van der Waals surface area (Å²) < 4.78 is 0. The third-order valence-electron chi connectivity index (χ3n) is 4.13. The fraction of sp³-hybridized carbons (Fsp3) is 0.444. The zero-order valence-corrected chi connectivity index (χ0v) is 13.5. The van der Waals surface area contributed by atoms with Crippen molar-refractivity contribution < 1.29 is 0 Å². The van der Waals surface area contributed by atoms with Crippen LogP contribution in [0.4, 0.5) is 0 Å². The Hall–Kier alpha value is -1.16. The summed E-state index contributed by atoms with van der Waals surface area (Å²) in [6.45, 7) is 6.73. The molecule has 21 heavy (non-hydrogen) atoms. The van der Waals surface area contributed by atoms with Gasteiger partial charge in [0, 0.05) is 28.9 Å². The number of hydrogen-bond donors (Lipinski definition) is 1. The molecule has 2 heterocycles. The minimum Gasteiger partial charge on any atom is -0.309 e. The van der Waals surface area contributed by atoms with Gasteiger partial charge in [-0.05, 0) is 43.6 Å². The molecule has 3 rings (SSSR count). The van der Waals surface area contributed by atoms with Gasteiger partial charge in [0.1, 0.15) is 0 Å². The molecule has 3 heteroatoms. The second-order valence-corrected chi connectivity index (χ2v) is 6.98. The first kappa shape index (κ1) is 14.8. The standard InChI is InChI=1S/C18H24N2S/c1-2-16-9-10-17(21-16)13-20-12-6-11-19-18(14-20)15-7-4-3-5-8-15/h3-5,7-10,18-19H,2,6,11-14H2,1H3. The summed E-state index contributed by atoms with van der Waals surface area (Å²) in [6, 6.07) is 15.9. The minimum atomic E-state index is 0.458. The topological polar surface area (TPSA) is 15.3 Å². The van der Waals surface area contributed by atoms with Gasteiger partial charge in [-0.15, -0.1) is 11.3 Å². The molecule has 0 amide bonds. The zero-order valence-electron chi connectivity index (χ0n) is 12.7. The lowest BCUT2D eigenvalue weighted by atomic mass is 10.1. The van der Waals surface area contributed by atoms with Crippen LogP contribution in [-0.2, 0) is 13.0 Å². The summed E-state index contributed by atoms with van der Waals surface area (Å²) in [5.41, 5.74) is 1.41. The Bertz CT molecular complexity index is 549. The first-order valence-electron chi connectivity index (χ1n) is 7.93. The largest absolute Gasteiger partial charge is 0.309 e. The van der Waals surface area contributed by atoms with E-state index < -0.39 is 0 Å². The monoisotopic (exact) mass is 300 g/mol. The van der Waals surface area contributed by atoms with Gasteiger partial charge in [0.25, 0.3) is 0 Å². The highest BCUT2D eigenvalue weighted by Crippen LogP contribution is 2.22. The maximum Gasteiger partial charge on any atom is 0.0449 e. The molecule has 1 aliphatic heterocycles. The molecule has 1 unspecified atom stereocenters. The Kier molecular flexibility index (Phi) is 5.07. The summed E-state index contributed by atoms with van der Waals surface area (Å²) in [5, 5.41) is 3.69. The Labute approximate surface area is 131 Å². The SMILES string of the molecule is CCc1ccc(CN2CCCNC(c3ccccc3)C2)s1. The molecule has 112 valence electrons. The van der Waals surface area contributed by atoms with Crippen LogP contribution in [0.1, 0.15) is 34.7 Å². The molecule has 0 aliphatic carbocycles. The molecular formula is C18H24N2S. The maximum absolute atomic E-state index is 3.69. The number of benzene rings is 1. The Balaban J connectivity index is 1.67. The number of aryl methyl sites for hydroxylation is 1. The summed E-state index contributed by atoms with van der Waals surface area (Å²) in [4.78, 5) is 5.60. The molecule has 1 saturated heterocycles. The van der Waals surface area contributed by atoms with Gasteiger partial charge in [0.15, 0.2) is 0 Å². The molecule has 1 N–H and O–H groups in total. The average molecular weight is 300 g/mol. The Morgan fingerprint density at radius 2 is 1.95 bits per heavy atom. The number of thiophene rings is 1. The summed E-state index contributed by atoms with van der Waals surface area (Å²) in [5.74, 6) is 0. The van der Waals surface area contributed by atoms with Crippen molar-refractivity contribution in [3.8, 4) is 0 Å². The Morgan fingerprint density at radius 3 is 2.71 bits per heavy atom.